The molecule has 2 N–H and O–H groups in total. The van der Waals surface area contributed by atoms with Crippen LogP contribution in [0.1, 0.15) is 98.2 Å². The average Bonchev–Trinajstić information content (AvgIpc) is 3.85. The van der Waals surface area contributed by atoms with E-state index in [4.69, 9.17) is 11.6 Å². The fraction of sp³-hybridized carbons (Fsp3) is 0.500. The van der Waals surface area contributed by atoms with Crippen LogP contribution in [-0.2, 0) is 43.1 Å². The minimum atomic E-state index is -4.71. The van der Waals surface area contributed by atoms with Gasteiger partial charge in [0.05, 0.1) is 21.6 Å². The van der Waals surface area contributed by atoms with Gasteiger partial charge >= 0.3 is 6.18 Å². The lowest BCUT2D eigenvalue weighted by molar-refractivity contribution is -0.138. The van der Waals surface area contributed by atoms with Crippen molar-refractivity contribution in [1.29, 1.82) is 0 Å². The van der Waals surface area contributed by atoms with E-state index in [-0.39, 0.29) is 84.7 Å². The SMILES string of the molecule is CCN1CCc2[nH]nc(C(=O)N3CCC(c4cccc(F)c4Cl)C(CS(=O)N4CCc5[nH]nc(C(=O)N6CCC(c7ccc(F)cc7C(F)(F)F)CC6)c5C4)C3)c2C1. The highest BCUT2D eigenvalue weighted by Crippen LogP contribution is 2.41. The molecule has 2 amide bonds. The second-order valence-electron chi connectivity index (χ2n) is 15.6. The van der Waals surface area contributed by atoms with E-state index in [9.17, 15) is 35.8 Å². The van der Waals surface area contributed by atoms with Gasteiger partial charge in [-0.15, -0.1) is 0 Å². The van der Waals surface area contributed by atoms with Gasteiger partial charge in [0.15, 0.2) is 11.4 Å². The maximum atomic E-state index is 14.8. The third kappa shape index (κ3) is 7.94. The summed E-state index contributed by atoms with van der Waals surface area (Å²) in [6.07, 6.45) is -2.48. The molecular weight excluding hydrogens is 803 g/mol. The number of nitrogens with zero attached hydrogens (tertiary/aromatic N) is 6. The highest BCUT2D eigenvalue weighted by molar-refractivity contribution is 7.82. The van der Waals surface area contributed by atoms with Crippen LogP contribution in [0.15, 0.2) is 36.4 Å². The van der Waals surface area contributed by atoms with Gasteiger partial charge in [-0.1, -0.05) is 36.7 Å². The number of amides is 2. The zero-order chi connectivity index (χ0) is 40.9. The number of fused-ring (bicyclic) bond motifs is 2. The highest BCUT2D eigenvalue weighted by atomic mass is 35.5. The van der Waals surface area contributed by atoms with Crippen molar-refractivity contribution in [3.05, 3.63) is 104 Å². The number of carbonyl (C=O) groups excluding carboxylic acids is 2. The van der Waals surface area contributed by atoms with E-state index in [0.29, 0.717) is 55.4 Å². The van der Waals surface area contributed by atoms with Crippen molar-refractivity contribution in [3.8, 4) is 0 Å². The number of piperidine rings is 2. The number of likely N-dealkylation sites (tertiary alicyclic amines) is 2. The van der Waals surface area contributed by atoms with E-state index < -0.39 is 40.3 Å². The first-order valence-corrected chi connectivity index (χ1v) is 21.3. The fourth-order valence-corrected chi connectivity index (χ4v) is 10.9. The molecule has 4 aliphatic rings. The van der Waals surface area contributed by atoms with Gasteiger partial charge < -0.3 is 9.80 Å². The molecule has 0 spiro atoms. The predicted octanol–water partition coefficient (Wildman–Crippen LogP) is 6.45. The Morgan fingerprint density at radius 1 is 0.862 bits per heavy atom. The first kappa shape index (κ1) is 40.6. The second kappa shape index (κ2) is 16.5. The number of carbonyl (C=O) groups is 2. The van der Waals surface area contributed by atoms with Crippen LogP contribution in [0.2, 0.25) is 5.02 Å². The zero-order valence-corrected chi connectivity index (χ0v) is 33.5. The normalized spacial score (nSPS) is 21.5. The lowest BCUT2D eigenvalue weighted by Gasteiger charge is -2.40. The number of hydrogen-bond donors (Lipinski definition) is 2. The van der Waals surface area contributed by atoms with E-state index in [2.05, 4.69) is 32.2 Å². The molecule has 6 heterocycles. The van der Waals surface area contributed by atoms with Crippen LogP contribution in [-0.4, -0.2) is 107 Å². The third-order valence-electron chi connectivity index (χ3n) is 12.4. The Morgan fingerprint density at radius 3 is 2.21 bits per heavy atom. The summed E-state index contributed by atoms with van der Waals surface area (Å²) >= 11 is 6.52. The van der Waals surface area contributed by atoms with Gasteiger partial charge in [0.1, 0.15) is 11.6 Å². The Hall–Kier alpha value is -4.19. The number of aromatic amines is 2. The molecule has 2 saturated heterocycles. The van der Waals surface area contributed by atoms with Gasteiger partial charge in [-0.3, -0.25) is 24.7 Å². The van der Waals surface area contributed by atoms with Crippen molar-refractivity contribution in [1.82, 2.24) is 39.4 Å². The van der Waals surface area contributed by atoms with E-state index in [1.807, 2.05) is 0 Å². The van der Waals surface area contributed by atoms with Crippen LogP contribution in [0.5, 0.6) is 0 Å². The number of aromatic nitrogens is 4. The maximum absolute atomic E-state index is 14.8. The molecular formula is C40H44ClF5N8O3S. The Kier molecular flexibility index (Phi) is 11.5. The summed E-state index contributed by atoms with van der Waals surface area (Å²) in [5.41, 5.74) is 3.41. The Bertz CT molecular complexity index is 2220. The van der Waals surface area contributed by atoms with Gasteiger partial charge in [0, 0.05) is 93.5 Å². The molecule has 0 saturated carbocycles. The number of halogens is 6. The minimum Gasteiger partial charge on any atom is -0.337 e. The topological polar surface area (TPSA) is 122 Å². The molecule has 58 heavy (non-hydrogen) atoms. The lowest BCUT2D eigenvalue weighted by atomic mass is 9.81. The Balaban J connectivity index is 0.968. The zero-order valence-electron chi connectivity index (χ0n) is 31.9. The van der Waals surface area contributed by atoms with Crippen LogP contribution in [0.25, 0.3) is 0 Å². The van der Waals surface area contributed by atoms with Gasteiger partial charge in [0.2, 0.25) is 0 Å². The number of H-pyrrole nitrogens is 2. The number of nitrogens with one attached hydrogen (secondary N) is 2. The second-order valence-corrected chi connectivity index (χ2v) is 17.5. The van der Waals surface area contributed by atoms with E-state index in [0.717, 1.165) is 42.5 Å². The molecule has 18 heteroatoms. The van der Waals surface area contributed by atoms with Crippen molar-refractivity contribution >= 4 is 34.4 Å². The smallest absolute Gasteiger partial charge is 0.337 e. The fourth-order valence-electron chi connectivity index (χ4n) is 9.13. The molecule has 0 radical (unpaired) electrons. The summed E-state index contributed by atoms with van der Waals surface area (Å²) in [7, 11) is -1.59. The molecule has 0 aliphatic carbocycles. The van der Waals surface area contributed by atoms with Crippen LogP contribution >= 0.6 is 11.6 Å². The lowest BCUT2D eigenvalue weighted by Crippen LogP contribution is -2.46. The summed E-state index contributed by atoms with van der Waals surface area (Å²) in [6.45, 7) is 6.03. The van der Waals surface area contributed by atoms with Crippen LogP contribution in [0, 0.1) is 17.6 Å². The van der Waals surface area contributed by atoms with E-state index >= 15 is 0 Å². The summed E-state index contributed by atoms with van der Waals surface area (Å²) in [5, 5.41) is 14.8. The quantitative estimate of drug-likeness (QED) is 0.197. The van der Waals surface area contributed by atoms with Crippen LogP contribution in [0.4, 0.5) is 22.0 Å². The molecule has 310 valence electrons. The first-order valence-electron chi connectivity index (χ1n) is 19.7. The highest BCUT2D eigenvalue weighted by Gasteiger charge is 2.40. The number of rotatable bonds is 8. The van der Waals surface area contributed by atoms with Crippen molar-refractivity contribution in [2.24, 2.45) is 5.92 Å². The summed E-state index contributed by atoms with van der Waals surface area (Å²) in [5.74, 6) is -3.07. The summed E-state index contributed by atoms with van der Waals surface area (Å²) < 4.78 is 85.9. The van der Waals surface area contributed by atoms with Gasteiger partial charge in [-0.2, -0.15) is 23.4 Å². The number of hydrogen-bond acceptors (Lipinski definition) is 6. The number of likely N-dealkylation sites (N-methyl/N-ethyl adjacent to an activating group) is 1. The van der Waals surface area contributed by atoms with Gasteiger partial charge in [0.25, 0.3) is 11.8 Å². The molecule has 4 aliphatic heterocycles. The van der Waals surface area contributed by atoms with Crippen molar-refractivity contribution in [3.63, 3.8) is 0 Å². The van der Waals surface area contributed by atoms with Crippen molar-refractivity contribution in [2.75, 3.05) is 51.6 Å². The van der Waals surface area contributed by atoms with Crippen LogP contribution in [0.3, 0.4) is 0 Å². The van der Waals surface area contributed by atoms with Crippen molar-refractivity contribution in [2.45, 2.75) is 70.1 Å². The summed E-state index contributed by atoms with van der Waals surface area (Å²) in [6, 6.07) is 7.41. The first-order chi connectivity index (χ1) is 27.8. The molecule has 3 atom stereocenters. The average molecular weight is 847 g/mol. The molecule has 2 fully saturated rings. The largest absolute Gasteiger partial charge is 0.416 e. The van der Waals surface area contributed by atoms with Gasteiger partial charge in [-0.25, -0.2) is 17.3 Å². The molecule has 2 aromatic heterocycles. The monoisotopic (exact) mass is 846 g/mol. The van der Waals surface area contributed by atoms with Gasteiger partial charge in [-0.05, 0) is 72.9 Å². The molecule has 2 aromatic carbocycles. The molecule has 3 unspecified atom stereocenters. The van der Waals surface area contributed by atoms with E-state index in [1.54, 1.807) is 26.2 Å². The Labute approximate surface area is 339 Å². The summed E-state index contributed by atoms with van der Waals surface area (Å²) in [4.78, 5) is 33.5. The molecule has 8 rings (SSSR count). The number of benzene rings is 2. The van der Waals surface area contributed by atoms with Crippen molar-refractivity contribution < 1.29 is 35.8 Å². The molecule has 0 bridgehead atoms. The maximum Gasteiger partial charge on any atom is 0.416 e. The predicted molar refractivity (Wildman–Crippen MR) is 206 cm³/mol. The van der Waals surface area contributed by atoms with E-state index in [1.165, 1.54) is 12.1 Å². The third-order valence-corrected chi connectivity index (χ3v) is 14.4. The number of alkyl halides is 3. The van der Waals surface area contributed by atoms with Crippen LogP contribution < -0.4 is 0 Å². The molecule has 4 aromatic rings. The Morgan fingerprint density at radius 2 is 1.52 bits per heavy atom. The minimum absolute atomic E-state index is 0.00995. The standard InChI is InChI=1S/C40H44ClF5N8O3S/c1-2-51-13-11-33-29(20-51)36(49-47-33)39(56)53-16-10-26(28-4-3-5-32(43)35(28)41)24(19-53)22-58(57)54-17-12-34-30(21-54)37(50-48-34)38(55)52-14-8-23(9-15-52)27-7-6-25(42)18-31(27)40(44,45)46/h3-7,18,23-24,26H,2,8-17,19-22H2,1H3,(H,47,49)(H,48,50). The molecule has 11 nitrogen and oxygen atoms in total.